The summed E-state index contributed by atoms with van der Waals surface area (Å²) in [6.45, 7) is 2.18. The van der Waals surface area contributed by atoms with Gasteiger partial charge in [0.15, 0.2) is 0 Å². The normalized spacial score (nSPS) is 12.7. The molecule has 1 atom stereocenters. The Labute approximate surface area is 117 Å². The van der Waals surface area contributed by atoms with Crippen LogP contribution in [-0.4, -0.2) is 0 Å². The zero-order valence-electron chi connectivity index (χ0n) is 11.0. The lowest BCUT2D eigenvalue weighted by molar-refractivity contribution is 0.896. The molecule has 0 fully saturated rings. The first-order valence-corrected chi connectivity index (χ1v) is 7.42. The van der Waals surface area contributed by atoms with Gasteiger partial charge in [0.05, 0.1) is 6.04 Å². The van der Waals surface area contributed by atoms with Gasteiger partial charge >= 0.3 is 0 Å². The molecule has 0 aliphatic heterocycles. The number of hydrogen-bond donors (Lipinski definition) is 1. The fraction of sp³-hybridized carbons (Fsp3) is 0.176. The minimum absolute atomic E-state index is 0.0186. The Kier molecular flexibility index (Phi) is 3.36. The second kappa shape index (κ2) is 5.16. The summed E-state index contributed by atoms with van der Waals surface area (Å²) in [5, 5.41) is 2.52. The SMILES string of the molecule is CCc1ccc(C(N)c2ccc3ccccc3c2)s1. The molecule has 0 radical (unpaired) electrons. The summed E-state index contributed by atoms with van der Waals surface area (Å²) in [4.78, 5) is 2.64. The first-order valence-electron chi connectivity index (χ1n) is 6.61. The average Bonchev–Trinajstić information content (AvgIpc) is 2.95. The van der Waals surface area contributed by atoms with Crippen LogP contribution >= 0.6 is 11.3 Å². The Bertz CT molecular complexity index is 699. The van der Waals surface area contributed by atoms with E-state index in [0.29, 0.717) is 0 Å². The molecule has 2 N–H and O–H groups in total. The molecule has 0 saturated carbocycles. The van der Waals surface area contributed by atoms with Crippen LogP contribution < -0.4 is 5.73 Å². The second-order valence-electron chi connectivity index (χ2n) is 4.74. The van der Waals surface area contributed by atoms with Gasteiger partial charge in [-0.1, -0.05) is 43.3 Å². The molecule has 1 aromatic heterocycles. The molecule has 96 valence electrons. The molecule has 0 spiro atoms. The Balaban J connectivity index is 1.98. The van der Waals surface area contributed by atoms with Crippen molar-refractivity contribution in [2.75, 3.05) is 0 Å². The molecule has 0 aliphatic rings. The summed E-state index contributed by atoms with van der Waals surface area (Å²) in [5.41, 5.74) is 7.57. The lowest BCUT2D eigenvalue weighted by Gasteiger charge is -2.11. The molecule has 1 unspecified atom stereocenters. The van der Waals surface area contributed by atoms with Crippen LogP contribution in [0.1, 0.15) is 28.3 Å². The van der Waals surface area contributed by atoms with E-state index in [0.717, 1.165) is 6.42 Å². The van der Waals surface area contributed by atoms with Crippen molar-refractivity contribution in [3.05, 3.63) is 69.9 Å². The molecule has 2 heteroatoms. The third kappa shape index (κ3) is 2.42. The molecule has 3 rings (SSSR count). The van der Waals surface area contributed by atoms with Gasteiger partial charge < -0.3 is 5.73 Å². The number of hydrogen-bond acceptors (Lipinski definition) is 2. The molecule has 2 aromatic carbocycles. The van der Waals surface area contributed by atoms with E-state index in [2.05, 4.69) is 61.5 Å². The first kappa shape index (κ1) is 12.4. The fourth-order valence-electron chi connectivity index (χ4n) is 2.32. The molecule has 3 aromatic rings. The average molecular weight is 267 g/mol. The van der Waals surface area contributed by atoms with Crippen LogP contribution in [0.5, 0.6) is 0 Å². The van der Waals surface area contributed by atoms with Gasteiger partial charge in [0.1, 0.15) is 0 Å². The Morgan fingerprint density at radius 1 is 1.00 bits per heavy atom. The standard InChI is InChI=1S/C17H17NS/c1-2-15-9-10-16(19-15)17(18)14-8-7-12-5-3-4-6-13(12)11-14/h3-11,17H,2,18H2,1H3. The van der Waals surface area contributed by atoms with Gasteiger partial charge in [-0.15, -0.1) is 11.3 Å². The molecule has 0 bridgehead atoms. The lowest BCUT2D eigenvalue weighted by atomic mass is 10.0. The summed E-state index contributed by atoms with van der Waals surface area (Å²) in [6, 6.07) is 19.2. The van der Waals surface area contributed by atoms with Gasteiger partial charge in [0, 0.05) is 9.75 Å². The van der Waals surface area contributed by atoms with E-state index >= 15 is 0 Å². The summed E-state index contributed by atoms with van der Waals surface area (Å²) < 4.78 is 0. The van der Waals surface area contributed by atoms with Crippen LogP contribution in [0.2, 0.25) is 0 Å². The van der Waals surface area contributed by atoms with E-state index in [9.17, 15) is 0 Å². The number of benzene rings is 2. The van der Waals surface area contributed by atoms with Gasteiger partial charge in [0.25, 0.3) is 0 Å². The molecule has 0 saturated heterocycles. The monoisotopic (exact) mass is 267 g/mol. The highest BCUT2D eigenvalue weighted by Gasteiger charge is 2.11. The van der Waals surface area contributed by atoms with Crippen molar-refractivity contribution in [2.24, 2.45) is 5.73 Å². The molecule has 0 aliphatic carbocycles. The van der Waals surface area contributed by atoms with E-state index in [1.165, 1.54) is 26.1 Å². The number of aryl methyl sites for hydroxylation is 1. The molecule has 0 amide bonds. The van der Waals surface area contributed by atoms with Crippen LogP contribution in [0.15, 0.2) is 54.6 Å². The van der Waals surface area contributed by atoms with Gasteiger partial charge in [-0.2, -0.15) is 0 Å². The van der Waals surface area contributed by atoms with Crippen LogP contribution in [0.4, 0.5) is 0 Å². The zero-order valence-corrected chi connectivity index (χ0v) is 11.8. The molecule has 1 heterocycles. The smallest absolute Gasteiger partial charge is 0.0646 e. The number of nitrogens with two attached hydrogens (primary N) is 1. The third-order valence-corrected chi connectivity index (χ3v) is 4.78. The van der Waals surface area contributed by atoms with Crippen molar-refractivity contribution in [1.29, 1.82) is 0 Å². The predicted octanol–water partition coefficient (Wildman–Crippen LogP) is 4.51. The number of rotatable bonds is 3. The quantitative estimate of drug-likeness (QED) is 0.742. The highest BCUT2D eigenvalue weighted by atomic mass is 32.1. The van der Waals surface area contributed by atoms with Crippen molar-refractivity contribution in [1.82, 2.24) is 0 Å². The van der Waals surface area contributed by atoms with Gasteiger partial charge in [-0.05, 0) is 41.0 Å². The largest absolute Gasteiger partial charge is 0.320 e. The maximum Gasteiger partial charge on any atom is 0.0646 e. The van der Waals surface area contributed by atoms with Crippen LogP contribution in [-0.2, 0) is 6.42 Å². The maximum absolute atomic E-state index is 6.39. The predicted molar refractivity (Wildman–Crippen MR) is 83.7 cm³/mol. The van der Waals surface area contributed by atoms with E-state index < -0.39 is 0 Å². The second-order valence-corrected chi connectivity index (χ2v) is 5.94. The number of thiophene rings is 1. The third-order valence-electron chi connectivity index (χ3n) is 3.47. The van der Waals surface area contributed by atoms with E-state index in [4.69, 9.17) is 5.73 Å². The van der Waals surface area contributed by atoms with Crippen LogP contribution in [0.3, 0.4) is 0 Å². The van der Waals surface area contributed by atoms with Crippen molar-refractivity contribution in [3.63, 3.8) is 0 Å². The summed E-state index contributed by atoms with van der Waals surface area (Å²) in [7, 11) is 0. The Morgan fingerprint density at radius 3 is 2.53 bits per heavy atom. The molecule has 1 nitrogen and oxygen atoms in total. The van der Waals surface area contributed by atoms with Crippen LogP contribution in [0, 0.1) is 0 Å². The summed E-state index contributed by atoms with van der Waals surface area (Å²) in [6.07, 6.45) is 1.08. The highest BCUT2D eigenvalue weighted by Crippen LogP contribution is 2.28. The van der Waals surface area contributed by atoms with Crippen molar-refractivity contribution >= 4 is 22.1 Å². The van der Waals surface area contributed by atoms with E-state index in [-0.39, 0.29) is 6.04 Å². The number of fused-ring (bicyclic) bond motifs is 1. The van der Waals surface area contributed by atoms with Gasteiger partial charge in [-0.25, -0.2) is 0 Å². The zero-order chi connectivity index (χ0) is 13.2. The fourth-order valence-corrected chi connectivity index (χ4v) is 3.30. The van der Waals surface area contributed by atoms with Crippen molar-refractivity contribution in [2.45, 2.75) is 19.4 Å². The van der Waals surface area contributed by atoms with Crippen molar-refractivity contribution < 1.29 is 0 Å². The van der Waals surface area contributed by atoms with E-state index in [1.807, 2.05) is 11.3 Å². The minimum atomic E-state index is -0.0186. The summed E-state index contributed by atoms with van der Waals surface area (Å²) in [5.74, 6) is 0. The van der Waals surface area contributed by atoms with Gasteiger partial charge in [0.2, 0.25) is 0 Å². The Morgan fingerprint density at radius 2 is 1.79 bits per heavy atom. The summed E-state index contributed by atoms with van der Waals surface area (Å²) >= 11 is 1.82. The lowest BCUT2D eigenvalue weighted by Crippen LogP contribution is -2.09. The topological polar surface area (TPSA) is 26.0 Å². The molecular formula is C17H17NS. The van der Waals surface area contributed by atoms with Gasteiger partial charge in [-0.3, -0.25) is 0 Å². The first-order chi connectivity index (χ1) is 9.28. The molecule has 19 heavy (non-hydrogen) atoms. The van der Waals surface area contributed by atoms with Crippen LogP contribution in [0.25, 0.3) is 10.8 Å². The van der Waals surface area contributed by atoms with Crippen molar-refractivity contribution in [3.8, 4) is 0 Å². The maximum atomic E-state index is 6.39. The molecular weight excluding hydrogens is 250 g/mol. The Hall–Kier alpha value is -1.64. The minimum Gasteiger partial charge on any atom is -0.320 e. The highest BCUT2D eigenvalue weighted by molar-refractivity contribution is 7.12. The van der Waals surface area contributed by atoms with E-state index in [1.54, 1.807) is 0 Å².